The predicted octanol–water partition coefficient (Wildman–Crippen LogP) is 0.175. The first-order valence-corrected chi connectivity index (χ1v) is 8.99. The first-order chi connectivity index (χ1) is 9.87. The van der Waals surface area contributed by atoms with Crippen molar-refractivity contribution in [3.8, 4) is 0 Å². The van der Waals surface area contributed by atoms with Gasteiger partial charge in [-0.3, -0.25) is 4.79 Å². The van der Waals surface area contributed by atoms with Crippen molar-refractivity contribution < 1.29 is 23.1 Å². The molecule has 0 aliphatic carbocycles. The van der Waals surface area contributed by atoms with Gasteiger partial charge in [-0.15, -0.1) is 0 Å². The number of hydrogen-bond donors (Lipinski definition) is 2. The Kier molecular flexibility index (Phi) is 4.84. The quantitative estimate of drug-likeness (QED) is 0.740. The Bertz CT molecular complexity index is 659. The van der Waals surface area contributed by atoms with Gasteiger partial charge in [0.25, 0.3) is 0 Å². The molecule has 1 fully saturated rings. The van der Waals surface area contributed by atoms with E-state index in [-0.39, 0.29) is 39.8 Å². The Labute approximate surface area is 126 Å². The van der Waals surface area contributed by atoms with Crippen LogP contribution in [0.3, 0.4) is 0 Å². The van der Waals surface area contributed by atoms with Crippen LogP contribution in [0, 0.1) is 0 Å². The smallest absolute Gasteiger partial charge is 0.338 e. The van der Waals surface area contributed by atoms with E-state index in [0.29, 0.717) is 6.42 Å². The average Bonchev–Trinajstić information content (AvgIpc) is 2.75. The summed E-state index contributed by atoms with van der Waals surface area (Å²) in [7, 11) is -3.04. The third kappa shape index (κ3) is 4.43. The normalized spacial score (nSPS) is 20.1. The molecule has 1 aliphatic heterocycles. The zero-order valence-electron chi connectivity index (χ0n) is 11.0. The molecule has 0 radical (unpaired) electrons. The molecule has 0 spiro atoms. The molecule has 0 saturated carbocycles. The number of carboxylic acids is 1. The molecule has 7 nitrogen and oxygen atoms in total. The molecular formula is C12H14N2O5S2. The van der Waals surface area contributed by atoms with Crippen molar-refractivity contribution >= 4 is 33.5 Å². The summed E-state index contributed by atoms with van der Waals surface area (Å²) >= 11 is 1.01. The van der Waals surface area contributed by atoms with Gasteiger partial charge >= 0.3 is 5.97 Å². The molecule has 1 aromatic heterocycles. The number of pyridine rings is 1. The molecule has 1 atom stereocenters. The van der Waals surface area contributed by atoms with Crippen molar-refractivity contribution in [1.29, 1.82) is 0 Å². The summed E-state index contributed by atoms with van der Waals surface area (Å²) in [4.78, 5) is 26.7. The monoisotopic (exact) mass is 330 g/mol. The van der Waals surface area contributed by atoms with Crippen LogP contribution in [0.5, 0.6) is 0 Å². The fourth-order valence-corrected chi connectivity index (χ4v) is 4.45. The van der Waals surface area contributed by atoms with Crippen LogP contribution in [0.1, 0.15) is 16.8 Å². The SMILES string of the molecule is O=C(CSc1ncccc1C(=O)O)NC1CCS(=O)(=O)C1. The van der Waals surface area contributed by atoms with E-state index in [9.17, 15) is 18.0 Å². The van der Waals surface area contributed by atoms with Crippen molar-refractivity contribution in [2.45, 2.75) is 17.5 Å². The number of sulfone groups is 1. The Morgan fingerprint density at radius 3 is 2.86 bits per heavy atom. The standard InChI is InChI=1S/C12H14N2O5S2/c15-10(14-8-3-5-21(18,19)7-8)6-20-11-9(12(16)17)2-1-4-13-11/h1-2,4,8H,3,5-7H2,(H,14,15)(H,16,17). The highest BCUT2D eigenvalue weighted by Gasteiger charge is 2.28. The van der Waals surface area contributed by atoms with E-state index in [1.165, 1.54) is 18.3 Å². The summed E-state index contributed by atoms with van der Waals surface area (Å²) < 4.78 is 22.6. The summed E-state index contributed by atoms with van der Waals surface area (Å²) in [6.45, 7) is 0. The number of hydrogen-bond acceptors (Lipinski definition) is 6. The summed E-state index contributed by atoms with van der Waals surface area (Å²) in [5.41, 5.74) is 0.0405. The second kappa shape index (κ2) is 6.44. The van der Waals surface area contributed by atoms with Crippen LogP contribution in [-0.4, -0.2) is 53.7 Å². The van der Waals surface area contributed by atoms with Gasteiger partial charge in [0.2, 0.25) is 5.91 Å². The number of rotatable bonds is 5. The molecule has 0 aromatic carbocycles. The van der Waals surface area contributed by atoms with E-state index in [1.807, 2.05) is 0 Å². The lowest BCUT2D eigenvalue weighted by molar-refractivity contribution is -0.119. The Morgan fingerprint density at radius 1 is 1.48 bits per heavy atom. The van der Waals surface area contributed by atoms with Crippen LogP contribution in [-0.2, 0) is 14.6 Å². The number of nitrogens with one attached hydrogen (secondary N) is 1. The third-order valence-electron chi connectivity index (χ3n) is 2.94. The van der Waals surface area contributed by atoms with Gasteiger partial charge in [-0.05, 0) is 18.6 Å². The van der Waals surface area contributed by atoms with Crippen LogP contribution in [0.4, 0.5) is 0 Å². The van der Waals surface area contributed by atoms with Crippen molar-refractivity contribution in [3.63, 3.8) is 0 Å². The van der Waals surface area contributed by atoms with Gasteiger partial charge in [-0.1, -0.05) is 11.8 Å². The van der Waals surface area contributed by atoms with Crippen LogP contribution >= 0.6 is 11.8 Å². The molecule has 9 heteroatoms. The number of carbonyl (C=O) groups is 2. The van der Waals surface area contributed by atoms with Crippen LogP contribution < -0.4 is 5.32 Å². The number of carboxylic acid groups (broad SMARTS) is 1. The second-order valence-corrected chi connectivity index (χ2v) is 7.81. The largest absolute Gasteiger partial charge is 0.478 e. The molecule has 1 amide bonds. The lowest BCUT2D eigenvalue weighted by atomic mass is 10.3. The topological polar surface area (TPSA) is 113 Å². The molecule has 114 valence electrons. The lowest BCUT2D eigenvalue weighted by Crippen LogP contribution is -2.36. The maximum atomic E-state index is 11.8. The molecule has 1 saturated heterocycles. The minimum absolute atomic E-state index is 0.00611. The predicted molar refractivity (Wildman–Crippen MR) is 77.1 cm³/mol. The molecule has 21 heavy (non-hydrogen) atoms. The van der Waals surface area contributed by atoms with E-state index >= 15 is 0 Å². The molecule has 0 bridgehead atoms. The zero-order valence-corrected chi connectivity index (χ0v) is 12.6. The van der Waals surface area contributed by atoms with E-state index < -0.39 is 15.8 Å². The van der Waals surface area contributed by atoms with Gasteiger partial charge in [0.1, 0.15) is 5.03 Å². The minimum Gasteiger partial charge on any atom is -0.478 e. The number of carbonyl (C=O) groups excluding carboxylic acids is 1. The van der Waals surface area contributed by atoms with Crippen molar-refractivity contribution in [2.24, 2.45) is 0 Å². The van der Waals surface area contributed by atoms with E-state index in [4.69, 9.17) is 5.11 Å². The Morgan fingerprint density at radius 2 is 2.24 bits per heavy atom. The zero-order chi connectivity index (χ0) is 15.5. The highest BCUT2D eigenvalue weighted by molar-refractivity contribution is 8.00. The first kappa shape index (κ1) is 15.8. The number of aromatic carboxylic acids is 1. The lowest BCUT2D eigenvalue weighted by Gasteiger charge is -2.10. The van der Waals surface area contributed by atoms with Gasteiger partial charge in [0, 0.05) is 12.2 Å². The summed E-state index contributed by atoms with van der Waals surface area (Å²) in [6.07, 6.45) is 1.87. The maximum Gasteiger partial charge on any atom is 0.338 e. The fraction of sp³-hybridized carbons (Fsp3) is 0.417. The molecule has 1 aliphatic rings. The van der Waals surface area contributed by atoms with Crippen molar-refractivity contribution in [1.82, 2.24) is 10.3 Å². The molecule has 2 rings (SSSR count). The molecular weight excluding hydrogens is 316 g/mol. The summed E-state index contributed by atoms with van der Waals surface area (Å²) in [6, 6.07) is 2.57. The number of thioether (sulfide) groups is 1. The highest BCUT2D eigenvalue weighted by atomic mass is 32.2. The number of amides is 1. The summed E-state index contributed by atoms with van der Waals surface area (Å²) in [5, 5.41) is 11.9. The highest BCUT2D eigenvalue weighted by Crippen LogP contribution is 2.20. The number of nitrogens with zero attached hydrogens (tertiary/aromatic N) is 1. The second-order valence-electron chi connectivity index (χ2n) is 4.62. The van der Waals surface area contributed by atoms with E-state index in [2.05, 4.69) is 10.3 Å². The van der Waals surface area contributed by atoms with E-state index in [1.54, 1.807) is 0 Å². The first-order valence-electron chi connectivity index (χ1n) is 6.18. The average molecular weight is 330 g/mol. The number of aromatic nitrogens is 1. The van der Waals surface area contributed by atoms with Crippen LogP contribution in [0.2, 0.25) is 0 Å². The molecule has 1 unspecified atom stereocenters. The van der Waals surface area contributed by atoms with Crippen LogP contribution in [0.25, 0.3) is 0 Å². The van der Waals surface area contributed by atoms with Gasteiger partial charge in [-0.2, -0.15) is 0 Å². The van der Waals surface area contributed by atoms with Gasteiger partial charge < -0.3 is 10.4 Å². The molecule has 1 aromatic rings. The van der Waals surface area contributed by atoms with Crippen molar-refractivity contribution in [3.05, 3.63) is 23.9 Å². The minimum atomic E-state index is -3.04. The van der Waals surface area contributed by atoms with Crippen LogP contribution in [0.15, 0.2) is 23.4 Å². The maximum absolute atomic E-state index is 11.8. The Hall–Kier alpha value is -1.61. The van der Waals surface area contributed by atoms with Crippen molar-refractivity contribution in [2.75, 3.05) is 17.3 Å². The molecule has 2 N–H and O–H groups in total. The Balaban J connectivity index is 1.89. The van der Waals surface area contributed by atoms with Gasteiger partial charge in [0.05, 0.1) is 22.8 Å². The van der Waals surface area contributed by atoms with Gasteiger partial charge in [0.15, 0.2) is 9.84 Å². The molecule has 2 heterocycles. The summed E-state index contributed by atoms with van der Waals surface area (Å²) in [5.74, 6) is -1.38. The fourth-order valence-electron chi connectivity index (χ4n) is 1.98. The van der Waals surface area contributed by atoms with Gasteiger partial charge in [-0.25, -0.2) is 18.2 Å². The third-order valence-corrected chi connectivity index (χ3v) is 5.71. The van der Waals surface area contributed by atoms with E-state index in [0.717, 1.165) is 11.8 Å².